The first-order chi connectivity index (χ1) is 10.8. The molecule has 0 aliphatic carbocycles. The normalized spacial score (nSPS) is 14.6. The Morgan fingerprint density at radius 3 is 2.52 bits per heavy atom. The van der Waals surface area contributed by atoms with Crippen molar-refractivity contribution in [1.82, 2.24) is 15.5 Å². The molecule has 0 saturated heterocycles. The fraction of sp³-hybridized carbons (Fsp3) is 0.467. The lowest BCUT2D eigenvalue weighted by Crippen LogP contribution is -2.24. The van der Waals surface area contributed by atoms with Crippen molar-refractivity contribution in [1.29, 1.82) is 0 Å². The van der Waals surface area contributed by atoms with Crippen molar-refractivity contribution in [2.24, 2.45) is 0 Å². The van der Waals surface area contributed by atoms with E-state index in [9.17, 15) is 12.8 Å². The number of nitrogens with one attached hydrogen (secondary N) is 1. The Morgan fingerprint density at radius 2 is 1.91 bits per heavy atom. The van der Waals surface area contributed by atoms with Gasteiger partial charge in [-0.1, -0.05) is 12.1 Å². The van der Waals surface area contributed by atoms with E-state index in [0.717, 1.165) is 12.1 Å². The van der Waals surface area contributed by atoms with Crippen LogP contribution < -0.4 is 5.32 Å². The summed E-state index contributed by atoms with van der Waals surface area (Å²) >= 11 is 0. The predicted octanol–water partition coefficient (Wildman–Crippen LogP) is 1.94. The first kappa shape index (κ1) is 17.6. The van der Waals surface area contributed by atoms with Crippen LogP contribution in [0.1, 0.15) is 31.5 Å². The fourth-order valence-electron chi connectivity index (χ4n) is 2.07. The van der Waals surface area contributed by atoms with Gasteiger partial charge < -0.3 is 9.84 Å². The highest BCUT2D eigenvalue weighted by molar-refractivity contribution is 7.91. The first-order valence-electron chi connectivity index (χ1n) is 7.30. The minimum atomic E-state index is -3.55. The second kappa shape index (κ2) is 7.18. The number of benzene rings is 1. The molecule has 2 unspecified atom stereocenters. The molecule has 1 aromatic carbocycles. The molecule has 0 spiro atoms. The van der Waals surface area contributed by atoms with Gasteiger partial charge in [0.15, 0.2) is 15.7 Å². The zero-order valence-electron chi connectivity index (χ0n) is 13.3. The summed E-state index contributed by atoms with van der Waals surface area (Å²) in [4.78, 5) is 4.33. The number of rotatable bonds is 7. The van der Waals surface area contributed by atoms with Crippen molar-refractivity contribution in [2.45, 2.75) is 37.1 Å². The van der Waals surface area contributed by atoms with Crippen LogP contribution in [0.3, 0.4) is 0 Å². The van der Waals surface area contributed by atoms with Gasteiger partial charge in [0.2, 0.25) is 5.89 Å². The standard InChI is InChI=1S/C15H20FN3O3S/c1-10(15-18-14(19-22-15)8-11(2)17-3)9-23(20,21)13-6-4-12(16)5-7-13/h4-7,10-11,17H,8-9H2,1-3H3. The van der Waals surface area contributed by atoms with Crippen LogP contribution >= 0.6 is 0 Å². The van der Waals surface area contributed by atoms with Gasteiger partial charge in [0.25, 0.3) is 0 Å². The van der Waals surface area contributed by atoms with Crippen molar-refractivity contribution >= 4 is 9.84 Å². The third kappa shape index (κ3) is 4.59. The Balaban J connectivity index is 2.09. The second-order valence-corrected chi connectivity index (χ2v) is 7.61. The molecule has 2 rings (SSSR count). The number of halogens is 1. The van der Waals surface area contributed by atoms with Crippen molar-refractivity contribution in [3.63, 3.8) is 0 Å². The summed E-state index contributed by atoms with van der Waals surface area (Å²) in [5, 5.41) is 6.94. The summed E-state index contributed by atoms with van der Waals surface area (Å²) in [6.07, 6.45) is 0.595. The average molecular weight is 341 g/mol. The van der Waals surface area contributed by atoms with E-state index < -0.39 is 21.6 Å². The molecule has 0 aliphatic heterocycles. The summed E-state index contributed by atoms with van der Waals surface area (Å²) in [6, 6.07) is 4.96. The van der Waals surface area contributed by atoms with Gasteiger partial charge >= 0.3 is 0 Å². The van der Waals surface area contributed by atoms with Gasteiger partial charge in [-0.05, 0) is 38.2 Å². The van der Waals surface area contributed by atoms with Gasteiger partial charge in [0.1, 0.15) is 5.82 Å². The highest BCUT2D eigenvalue weighted by Crippen LogP contribution is 2.21. The molecule has 1 heterocycles. The van der Waals surface area contributed by atoms with Crippen LogP contribution in [0.2, 0.25) is 0 Å². The van der Waals surface area contributed by atoms with E-state index in [1.807, 2.05) is 14.0 Å². The summed E-state index contributed by atoms with van der Waals surface area (Å²) < 4.78 is 42.7. The number of likely N-dealkylation sites (N-methyl/N-ethyl adjacent to an activating group) is 1. The van der Waals surface area contributed by atoms with E-state index in [4.69, 9.17) is 4.52 Å². The van der Waals surface area contributed by atoms with Gasteiger partial charge in [0.05, 0.1) is 10.6 Å². The van der Waals surface area contributed by atoms with Crippen molar-refractivity contribution in [2.75, 3.05) is 12.8 Å². The van der Waals surface area contributed by atoms with E-state index in [-0.39, 0.29) is 22.6 Å². The quantitative estimate of drug-likeness (QED) is 0.775. The van der Waals surface area contributed by atoms with Crippen LogP contribution in [0.25, 0.3) is 0 Å². The molecular formula is C15H20FN3O3S. The molecule has 0 radical (unpaired) electrons. The van der Waals surface area contributed by atoms with E-state index >= 15 is 0 Å². The monoisotopic (exact) mass is 341 g/mol. The molecule has 1 N–H and O–H groups in total. The molecule has 0 fully saturated rings. The number of hydrogen-bond donors (Lipinski definition) is 1. The van der Waals surface area contributed by atoms with Crippen LogP contribution in [0.4, 0.5) is 4.39 Å². The Kier molecular flexibility index (Phi) is 5.48. The van der Waals surface area contributed by atoms with Crippen molar-refractivity contribution < 1.29 is 17.3 Å². The van der Waals surface area contributed by atoms with E-state index in [0.29, 0.717) is 12.2 Å². The topological polar surface area (TPSA) is 85.1 Å². The second-order valence-electron chi connectivity index (χ2n) is 5.58. The van der Waals surface area contributed by atoms with Gasteiger partial charge in [-0.15, -0.1) is 0 Å². The molecule has 6 nitrogen and oxygen atoms in total. The maximum Gasteiger partial charge on any atom is 0.230 e. The molecule has 2 atom stereocenters. The summed E-state index contributed by atoms with van der Waals surface area (Å²) in [6.45, 7) is 3.69. The Morgan fingerprint density at radius 1 is 1.26 bits per heavy atom. The molecule has 126 valence electrons. The van der Waals surface area contributed by atoms with Crippen LogP contribution in [0, 0.1) is 5.82 Å². The summed E-state index contributed by atoms with van der Waals surface area (Å²) in [5.74, 6) is -0.280. The van der Waals surface area contributed by atoms with Crippen molar-refractivity contribution in [3.8, 4) is 0 Å². The number of hydrogen-bond acceptors (Lipinski definition) is 6. The van der Waals surface area contributed by atoms with Gasteiger partial charge in [-0.2, -0.15) is 4.98 Å². The Labute approximate surface area is 135 Å². The molecular weight excluding hydrogens is 321 g/mol. The third-order valence-corrected chi connectivity index (χ3v) is 5.46. The van der Waals surface area contributed by atoms with Gasteiger partial charge in [-0.25, -0.2) is 12.8 Å². The molecule has 0 aliphatic rings. The smallest absolute Gasteiger partial charge is 0.230 e. The molecule has 1 aromatic heterocycles. The van der Waals surface area contributed by atoms with Crippen LogP contribution in [-0.4, -0.2) is 37.4 Å². The number of nitrogens with zero attached hydrogens (tertiary/aromatic N) is 2. The fourth-order valence-corrected chi connectivity index (χ4v) is 3.61. The van der Waals surface area contributed by atoms with Gasteiger partial charge in [0, 0.05) is 18.4 Å². The molecule has 0 saturated carbocycles. The molecule has 23 heavy (non-hydrogen) atoms. The molecule has 2 aromatic rings. The lowest BCUT2D eigenvalue weighted by Gasteiger charge is -2.08. The van der Waals surface area contributed by atoms with Crippen molar-refractivity contribution in [3.05, 3.63) is 41.8 Å². The Hall–Kier alpha value is -1.80. The summed E-state index contributed by atoms with van der Waals surface area (Å²) in [7, 11) is -1.71. The molecule has 8 heteroatoms. The SMILES string of the molecule is CNC(C)Cc1noc(C(C)CS(=O)(=O)c2ccc(F)cc2)n1. The number of sulfone groups is 1. The van der Waals surface area contributed by atoms with Crippen LogP contribution in [-0.2, 0) is 16.3 Å². The minimum Gasteiger partial charge on any atom is -0.339 e. The highest BCUT2D eigenvalue weighted by atomic mass is 32.2. The van der Waals surface area contributed by atoms with E-state index in [1.54, 1.807) is 6.92 Å². The largest absolute Gasteiger partial charge is 0.339 e. The third-order valence-electron chi connectivity index (χ3n) is 3.53. The highest BCUT2D eigenvalue weighted by Gasteiger charge is 2.24. The lowest BCUT2D eigenvalue weighted by molar-refractivity contribution is 0.359. The van der Waals surface area contributed by atoms with Gasteiger partial charge in [-0.3, -0.25) is 0 Å². The van der Waals surface area contributed by atoms with E-state index in [1.165, 1.54) is 12.1 Å². The van der Waals surface area contributed by atoms with Crippen LogP contribution in [0.15, 0.2) is 33.7 Å². The minimum absolute atomic E-state index is 0.0780. The zero-order valence-corrected chi connectivity index (χ0v) is 14.1. The predicted molar refractivity (Wildman–Crippen MR) is 83.4 cm³/mol. The first-order valence-corrected chi connectivity index (χ1v) is 8.95. The maximum absolute atomic E-state index is 12.9. The average Bonchev–Trinajstić information content (AvgIpc) is 2.95. The maximum atomic E-state index is 12.9. The molecule has 0 bridgehead atoms. The molecule has 0 amide bonds. The zero-order chi connectivity index (χ0) is 17.0. The lowest BCUT2D eigenvalue weighted by atomic mass is 10.2. The number of aromatic nitrogens is 2. The van der Waals surface area contributed by atoms with E-state index in [2.05, 4.69) is 15.5 Å². The Bertz CT molecular complexity index is 744. The summed E-state index contributed by atoms with van der Waals surface area (Å²) in [5.41, 5.74) is 0. The van der Waals surface area contributed by atoms with Crippen LogP contribution in [0.5, 0.6) is 0 Å².